The molecule has 0 saturated carbocycles. The molecular formula is C30H28N4O7S2. The summed E-state index contributed by atoms with van der Waals surface area (Å²) in [5, 5.41) is 18.0. The van der Waals surface area contributed by atoms with Gasteiger partial charge in [-0.15, -0.1) is 11.3 Å². The predicted molar refractivity (Wildman–Crippen MR) is 160 cm³/mol. The van der Waals surface area contributed by atoms with Crippen LogP contribution in [0.1, 0.15) is 38.9 Å². The van der Waals surface area contributed by atoms with Crippen molar-refractivity contribution < 1.29 is 32.6 Å². The van der Waals surface area contributed by atoms with E-state index in [4.69, 9.17) is 9.84 Å². The normalized spacial score (nSPS) is 14.0. The number of carbonyl (C=O) groups excluding carboxylic acids is 2. The van der Waals surface area contributed by atoms with Gasteiger partial charge in [0.2, 0.25) is 9.84 Å². The van der Waals surface area contributed by atoms with Gasteiger partial charge in [0.05, 0.1) is 34.2 Å². The van der Waals surface area contributed by atoms with Gasteiger partial charge in [0.1, 0.15) is 16.8 Å². The van der Waals surface area contributed by atoms with Gasteiger partial charge in [-0.1, -0.05) is 12.1 Å². The number of benzene rings is 3. The number of rotatable bonds is 11. The van der Waals surface area contributed by atoms with Crippen LogP contribution in [0, 0.1) is 0 Å². The van der Waals surface area contributed by atoms with E-state index in [1.54, 1.807) is 25.3 Å². The Labute approximate surface area is 251 Å². The van der Waals surface area contributed by atoms with E-state index in [0.29, 0.717) is 25.3 Å². The summed E-state index contributed by atoms with van der Waals surface area (Å²) in [7, 11) is -3.96. The second-order valence-corrected chi connectivity index (χ2v) is 12.7. The fourth-order valence-corrected chi connectivity index (χ4v) is 6.80. The maximum absolute atomic E-state index is 13.2. The number of hydrogen-bond acceptors (Lipinski definition) is 9. The quantitative estimate of drug-likeness (QED) is 0.182. The van der Waals surface area contributed by atoms with Crippen LogP contribution in [0.25, 0.3) is 10.6 Å². The van der Waals surface area contributed by atoms with Gasteiger partial charge in [0.15, 0.2) is 0 Å². The van der Waals surface area contributed by atoms with Gasteiger partial charge in [0.25, 0.3) is 11.8 Å². The lowest BCUT2D eigenvalue weighted by atomic mass is 10.1. The number of aliphatic carboxylic acids is 1. The molecule has 0 spiro atoms. The van der Waals surface area contributed by atoms with Gasteiger partial charge < -0.3 is 25.8 Å². The van der Waals surface area contributed by atoms with Crippen LogP contribution in [0.15, 0.2) is 82.7 Å². The van der Waals surface area contributed by atoms with Gasteiger partial charge >= 0.3 is 5.97 Å². The van der Waals surface area contributed by atoms with Crippen molar-refractivity contribution in [2.24, 2.45) is 0 Å². The topological polar surface area (TPSA) is 164 Å². The number of fused-ring (bicyclic) bond motifs is 2. The van der Waals surface area contributed by atoms with E-state index in [1.807, 2.05) is 24.3 Å². The maximum atomic E-state index is 13.2. The largest absolute Gasteiger partial charge is 0.494 e. The van der Waals surface area contributed by atoms with Crippen LogP contribution in [0.4, 0.5) is 5.69 Å². The first-order chi connectivity index (χ1) is 20.6. The molecule has 5 rings (SSSR count). The number of carboxylic acids is 1. The average molecular weight is 621 g/mol. The minimum atomic E-state index is -3.96. The Morgan fingerprint density at radius 2 is 1.84 bits per heavy atom. The lowest BCUT2D eigenvalue weighted by molar-refractivity contribution is -0.139. The lowest BCUT2D eigenvalue weighted by Crippen LogP contribution is -2.34. The molecule has 2 amide bonds. The van der Waals surface area contributed by atoms with Gasteiger partial charge in [0, 0.05) is 22.2 Å². The van der Waals surface area contributed by atoms with Crippen molar-refractivity contribution in [2.45, 2.75) is 35.7 Å². The van der Waals surface area contributed by atoms with E-state index in [0.717, 1.165) is 15.4 Å². The molecule has 1 atom stereocenters. The highest BCUT2D eigenvalue weighted by atomic mass is 32.2. The van der Waals surface area contributed by atoms with Crippen LogP contribution in [0.3, 0.4) is 0 Å². The molecule has 13 heteroatoms. The van der Waals surface area contributed by atoms with Crippen molar-refractivity contribution in [3.8, 4) is 16.3 Å². The molecule has 1 unspecified atom stereocenters. The smallest absolute Gasteiger partial charge is 0.320 e. The predicted octanol–water partition coefficient (Wildman–Crippen LogP) is 3.97. The molecule has 0 saturated heterocycles. The number of anilines is 1. The first-order valence-electron chi connectivity index (χ1n) is 13.4. The first kappa shape index (κ1) is 29.9. The Hall–Kier alpha value is -4.59. The van der Waals surface area contributed by atoms with Crippen molar-refractivity contribution in [3.05, 3.63) is 88.9 Å². The number of ether oxygens (including phenoxy) is 1. The van der Waals surface area contributed by atoms with Gasteiger partial charge in [-0.05, 0) is 74.5 Å². The number of sulfone groups is 1. The van der Waals surface area contributed by atoms with E-state index in [-0.39, 0.29) is 33.2 Å². The Balaban J connectivity index is 1.17. The summed E-state index contributed by atoms with van der Waals surface area (Å²) in [6.07, 6.45) is 2.34. The molecule has 11 nitrogen and oxygen atoms in total. The molecule has 1 aromatic heterocycles. The molecule has 2 heterocycles. The fourth-order valence-electron chi connectivity index (χ4n) is 4.35. The Morgan fingerprint density at radius 1 is 1.07 bits per heavy atom. The summed E-state index contributed by atoms with van der Waals surface area (Å²) < 4.78 is 32.1. The van der Waals surface area contributed by atoms with Crippen molar-refractivity contribution in [2.75, 3.05) is 18.5 Å². The highest BCUT2D eigenvalue weighted by Gasteiger charge is 2.31. The Kier molecular flexibility index (Phi) is 8.85. The number of amides is 2. The van der Waals surface area contributed by atoms with Crippen LogP contribution in [-0.2, 0) is 21.2 Å². The Bertz CT molecular complexity index is 1790. The van der Waals surface area contributed by atoms with Crippen LogP contribution in [0.5, 0.6) is 5.75 Å². The minimum absolute atomic E-state index is 0.0464. The van der Waals surface area contributed by atoms with E-state index >= 15 is 0 Å². The second-order valence-electron chi connectivity index (χ2n) is 9.72. The van der Waals surface area contributed by atoms with Crippen LogP contribution < -0.4 is 20.7 Å². The zero-order valence-corrected chi connectivity index (χ0v) is 24.6. The summed E-state index contributed by atoms with van der Waals surface area (Å²) in [6.45, 7) is 2.77. The number of thiazole rings is 1. The molecule has 3 aromatic carbocycles. The third-order valence-corrected chi connectivity index (χ3v) is 9.61. The van der Waals surface area contributed by atoms with E-state index in [2.05, 4.69) is 20.9 Å². The highest BCUT2D eigenvalue weighted by Crippen LogP contribution is 2.34. The van der Waals surface area contributed by atoms with E-state index < -0.39 is 33.7 Å². The Morgan fingerprint density at radius 3 is 2.60 bits per heavy atom. The molecule has 43 heavy (non-hydrogen) atoms. The van der Waals surface area contributed by atoms with Gasteiger partial charge in [-0.25, -0.2) is 13.4 Å². The molecule has 0 fully saturated rings. The molecule has 222 valence electrons. The summed E-state index contributed by atoms with van der Waals surface area (Å²) >= 11 is 1.42. The molecule has 0 bridgehead atoms. The number of aromatic nitrogens is 1. The number of nitrogens with zero attached hydrogens (tertiary/aromatic N) is 1. The van der Waals surface area contributed by atoms with Crippen molar-refractivity contribution >= 4 is 44.6 Å². The number of carbonyl (C=O) groups is 3. The minimum Gasteiger partial charge on any atom is -0.494 e. The van der Waals surface area contributed by atoms with E-state index in [1.165, 1.54) is 41.7 Å². The maximum Gasteiger partial charge on any atom is 0.320 e. The fraction of sp³-hybridized carbons (Fsp3) is 0.200. The monoisotopic (exact) mass is 620 g/mol. The molecule has 0 radical (unpaired) electrons. The van der Waals surface area contributed by atoms with Gasteiger partial charge in [-0.2, -0.15) is 0 Å². The zero-order chi connectivity index (χ0) is 30.6. The number of hydrogen-bond donors (Lipinski definition) is 4. The standard InChI is InChI=1S/C30H28N4O7S2/c1-18(30(37)38)31-13-4-14-41-21-10-7-19(8-11-21)29-33-17-22(42-29)16-32-27(35)20-9-12-26-24(15-20)34-28(36)23-5-2-3-6-25(23)43(26,39)40/h2-3,5-12,15,17-18,31H,4,13-14,16H2,1H3,(H,32,35)(H,34,36)(H,37,38). The number of nitrogens with one attached hydrogen (secondary N) is 3. The summed E-state index contributed by atoms with van der Waals surface area (Å²) in [5.41, 5.74) is 1.18. The molecule has 0 aliphatic carbocycles. The first-order valence-corrected chi connectivity index (χ1v) is 15.7. The van der Waals surface area contributed by atoms with Crippen LogP contribution >= 0.6 is 11.3 Å². The average Bonchev–Trinajstić information content (AvgIpc) is 3.46. The molecule has 1 aliphatic heterocycles. The van der Waals surface area contributed by atoms with Crippen molar-refractivity contribution in [1.82, 2.24) is 15.6 Å². The third-order valence-electron chi connectivity index (χ3n) is 6.69. The third kappa shape index (κ3) is 6.74. The SMILES string of the molecule is CC(NCCCOc1ccc(-c2ncc(CNC(=O)c3ccc4c(c3)NC(=O)c3ccccc3S4(=O)=O)s2)cc1)C(=O)O. The summed E-state index contributed by atoms with van der Waals surface area (Å²) in [6, 6.07) is 16.9. The van der Waals surface area contributed by atoms with E-state index in [9.17, 15) is 22.8 Å². The molecule has 4 N–H and O–H groups in total. The summed E-state index contributed by atoms with van der Waals surface area (Å²) in [4.78, 5) is 41.5. The number of carboxylic acid groups (broad SMARTS) is 1. The lowest BCUT2D eigenvalue weighted by Gasteiger charge is -2.10. The van der Waals surface area contributed by atoms with Gasteiger partial charge in [-0.3, -0.25) is 14.4 Å². The molecule has 1 aliphatic rings. The molecular weight excluding hydrogens is 592 g/mol. The molecule has 4 aromatic rings. The van der Waals surface area contributed by atoms with Crippen LogP contribution in [-0.4, -0.2) is 55.5 Å². The highest BCUT2D eigenvalue weighted by molar-refractivity contribution is 7.91. The van der Waals surface area contributed by atoms with Crippen molar-refractivity contribution in [3.63, 3.8) is 0 Å². The summed E-state index contributed by atoms with van der Waals surface area (Å²) in [5.74, 6) is -1.20. The van der Waals surface area contributed by atoms with Crippen LogP contribution in [0.2, 0.25) is 0 Å². The zero-order valence-electron chi connectivity index (χ0n) is 23.0. The van der Waals surface area contributed by atoms with Crippen molar-refractivity contribution in [1.29, 1.82) is 0 Å². The second kappa shape index (κ2) is 12.7.